The van der Waals surface area contributed by atoms with Gasteiger partial charge in [0.25, 0.3) is 0 Å². The summed E-state index contributed by atoms with van der Waals surface area (Å²) in [5.74, 6) is -8.55. The number of hydrogen-bond acceptors (Lipinski definition) is 9. The number of fused-ring (bicyclic) bond motifs is 5. The number of amides is 1. The minimum atomic E-state index is -2.74. The van der Waals surface area contributed by atoms with E-state index < -0.39 is 64.4 Å². The van der Waals surface area contributed by atoms with Crippen molar-refractivity contribution in [3.05, 3.63) is 27.8 Å². The van der Waals surface area contributed by atoms with E-state index in [0.717, 1.165) is 19.0 Å². The molecule has 0 radical (unpaired) electrons. The molecule has 0 saturated heterocycles. The van der Waals surface area contributed by atoms with Gasteiger partial charge < -0.3 is 15.9 Å². The van der Waals surface area contributed by atoms with Gasteiger partial charge in [0.2, 0.25) is 5.91 Å². The van der Waals surface area contributed by atoms with Crippen LogP contribution in [0.5, 0.6) is 5.75 Å². The summed E-state index contributed by atoms with van der Waals surface area (Å²) in [5.41, 5.74) is 4.07. The molecule has 10 nitrogen and oxygen atoms in total. The molecule has 0 heterocycles. The summed E-state index contributed by atoms with van der Waals surface area (Å²) in [4.78, 5) is 70.7. The Balaban J connectivity index is 1.32. The van der Waals surface area contributed by atoms with E-state index in [1.807, 2.05) is 0 Å². The van der Waals surface area contributed by atoms with Crippen molar-refractivity contribution in [2.45, 2.75) is 71.1 Å². The van der Waals surface area contributed by atoms with Gasteiger partial charge in [-0.25, -0.2) is 0 Å². The zero-order chi connectivity index (χ0) is 32.9. The number of phenols is 1. The standard InChI is InChI=1S/C34H44ClN3O7/c1-6-38(13-15-7-8-18-12-20(15)33(18,2)3)14-17-11-22(39)24-19(26(17)35)9-16-10-21-27(37(4)5)29(41)25(32(36)44)31(43)34(21,45)30(42)23(16)28(24)40/h11,15-16,18,20-21,23,25,27,39,45H,6-10,12-14H2,1-5H3,(H2,36,44)/t15-,16+,18?,20?,21+,23?,25?,27+,34+/m1/s1. The van der Waals surface area contributed by atoms with E-state index in [-0.39, 0.29) is 24.2 Å². The number of ketones is 4. The second-order valence-corrected chi connectivity index (χ2v) is 15.4. The number of aromatic hydroxyl groups is 1. The molecule has 1 aromatic rings. The first-order valence-corrected chi connectivity index (χ1v) is 16.5. The van der Waals surface area contributed by atoms with Gasteiger partial charge in [0, 0.05) is 24.0 Å². The van der Waals surface area contributed by atoms with Crippen LogP contribution in [0.3, 0.4) is 0 Å². The molecule has 6 aliphatic rings. The first-order chi connectivity index (χ1) is 21.0. The molecule has 0 aliphatic heterocycles. The third kappa shape index (κ3) is 4.57. The van der Waals surface area contributed by atoms with Crippen LogP contribution >= 0.6 is 11.6 Å². The van der Waals surface area contributed by atoms with E-state index in [9.17, 15) is 34.2 Å². The number of rotatable bonds is 7. The van der Waals surface area contributed by atoms with Crippen molar-refractivity contribution in [2.75, 3.05) is 27.2 Å². The average Bonchev–Trinajstić information content (AvgIpc) is 2.96. The van der Waals surface area contributed by atoms with Crippen LogP contribution in [-0.4, -0.2) is 87.9 Å². The van der Waals surface area contributed by atoms with Gasteiger partial charge in [-0.3, -0.25) is 33.8 Å². The Morgan fingerprint density at radius 2 is 1.78 bits per heavy atom. The Bertz CT molecular complexity index is 1500. The summed E-state index contributed by atoms with van der Waals surface area (Å²) in [6.45, 7) is 9.06. The zero-order valence-corrected chi connectivity index (χ0v) is 27.4. The van der Waals surface area contributed by atoms with Crippen molar-refractivity contribution in [1.82, 2.24) is 9.80 Å². The van der Waals surface area contributed by atoms with Crippen molar-refractivity contribution >= 4 is 40.6 Å². The van der Waals surface area contributed by atoms with Crippen LogP contribution in [0, 0.1) is 46.8 Å². The maximum atomic E-state index is 14.0. The molecule has 2 bridgehead atoms. The van der Waals surface area contributed by atoms with Crippen LogP contribution in [0.1, 0.15) is 67.9 Å². The molecule has 0 aromatic heterocycles. The molecule has 5 saturated carbocycles. The molecule has 9 atom stereocenters. The number of aliphatic hydroxyl groups is 1. The predicted octanol–water partition coefficient (Wildman–Crippen LogP) is 2.41. The van der Waals surface area contributed by atoms with E-state index in [4.69, 9.17) is 17.3 Å². The second-order valence-electron chi connectivity index (χ2n) is 15.0. The van der Waals surface area contributed by atoms with Crippen LogP contribution in [0.2, 0.25) is 5.02 Å². The van der Waals surface area contributed by atoms with Gasteiger partial charge >= 0.3 is 0 Å². The quantitative estimate of drug-likeness (QED) is 0.380. The highest BCUT2D eigenvalue weighted by Crippen LogP contribution is 2.61. The Labute approximate surface area is 268 Å². The Hall–Kier alpha value is -2.66. The highest BCUT2D eigenvalue weighted by atomic mass is 35.5. The minimum absolute atomic E-state index is 0.00779. The number of primary amides is 1. The topological polar surface area (TPSA) is 158 Å². The summed E-state index contributed by atoms with van der Waals surface area (Å²) >= 11 is 7.01. The second kappa shape index (κ2) is 11.0. The number of nitrogens with two attached hydrogens (primary N) is 1. The Morgan fingerprint density at radius 1 is 1.09 bits per heavy atom. The molecule has 0 spiro atoms. The van der Waals surface area contributed by atoms with Crippen molar-refractivity contribution in [3.63, 3.8) is 0 Å². The lowest BCUT2D eigenvalue weighted by atomic mass is 9.45. The molecule has 11 heteroatoms. The van der Waals surface area contributed by atoms with Crippen molar-refractivity contribution < 1.29 is 34.2 Å². The van der Waals surface area contributed by atoms with Crippen molar-refractivity contribution in [1.29, 1.82) is 0 Å². The van der Waals surface area contributed by atoms with Crippen molar-refractivity contribution in [2.24, 2.45) is 52.6 Å². The van der Waals surface area contributed by atoms with E-state index in [1.165, 1.54) is 30.2 Å². The van der Waals surface area contributed by atoms with Gasteiger partial charge in [0.15, 0.2) is 34.7 Å². The minimum Gasteiger partial charge on any atom is -0.507 e. The maximum Gasteiger partial charge on any atom is 0.235 e. The van der Waals surface area contributed by atoms with Gasteiger partial charge in [-0.2, -0.15) is 0 Å². The monoisotopic (exact) mass is 641 g/mol. The third-order valence-electron chi connectivity index (χ3n) is 12.4. The lowest BCUT2D eigenvalue weighted by Crippen LogP contribution is -2.74. The SMILES string of the molecule is CCN(Cc1cc(O)c2c(c1Cl)C[C@H]1C[C@H]3[C@H](N(C)C)C(=O)C(C(N)=O)C(=O)[C@@]3(O)C(=O)C1C2=O)C[C@H]1CCC2CC1C2(C)C. The van der Waals surface area contributed by atoms with Gasteiger partial charge in [-0.15, -0.1) is 0 Å². The molecular formula is C34H44ClN3O7. The number of phenolic OH excluding ortho intramolecular Hbond substituents is 1. The zero-order valence-electron chi connectivity index (χ0n) is 26.6. The number of Topliss-reactive ketones (excluding diaryl/α,β-unsaturated/α-hetero) is 4. The van der Waals surface area contributed by atoms with Crippen LogP contribution < -0.4 is 5.73 Å². The van der Waals surface area contributed by atoms with Crippen LogP contribution in [0.25, 0.3) is 0 Å². The lowest BCUT2D eigenvalue weighted by Gasteiger charge is -2.60. The Kier molecular flexibility index (Phi) is 7.86. The molecular weight excluding hydrogens is 598 g/mol. The normalized spacial score (nSPS) is 36.8. The Morgan fingerprint density at radius 3 is 2.36 bits per heavy atom. The molecule has 1 aromatic carbocycles. The molecule has 4 N–H and O–H groups in total. The van der Waals surface area contributed by atoms with E-state index in [0.29, 0.717) is 39.9 Å². The summed E-state index contributed by atoms with van der Waals surface area (Å²) in [6.07, 6.45) is 3.88. The molecule has 5 fully saturated rings. The fourth-order valence-corrected chi connectivity index (χ4v) is 10.2. The van der Waals surface area contributed by atoms with Gasteiger partial charge in [-0.05, 0) is 99.0 Å². The number of likely N-dealkylation sites (N-methyl/N-ethyl adjacent to an activating group) is 1. The van der Waals surface area contributed by atoms with Crippen LogP contribution in [0.15, 0.2) is 6.07 Å². The first kappa shape index (κ1) is 32.3. The lowest BCUT2D eigenvalue weighted by molar-refractivity contribution is -0.181. The summed E-state index contributed by atoms with van der Waals surface area (Å²) in [6, 6.07) is 0.350. The summed E-state index contributed by atoms with van der Waals surface area (Å²) in [7, 11) is 3.12. The van der Waals surface area contributed by atoms with E-state index in [1.54, 1.807) is 14.1 Å². The highest BCUT2D eigenvalue weighted by molar-refractivity contribution is 6.34. The van der Waals surface area contributed by atoms with E-state index >= 15 is 0 Å². The molecule has 6 aliphatic carbocycles. The molecule has 45 heavy (non-hydrogen) atoms. The smallest absolute Gasteiger partial charge is 0.235 e. The number of hydrogen-bond donors (Lipinski definition) is 3. The first-order valence-electron chi connectivity index (χ1n) is 16.2. The average molecular weight is 642 g/mol. The highest BCUT2D eigenvalue weighted by Gasteiger charge is 2.69. The molecule has 4 unspecified atom stereocenters. The van der Waals surface area contributed by atoms with E-state index in [2.05, 4.69) is 25.7 Å². The maximum absolute atomic E-state index is 14.0. The molecule has 7 rings (SSSR count). The fourth-order valence-electron chi connectivity index (χ4n) is 9.88. The molecule has 1 amide bonds. The van der Waals surface area contributed by atoms with Crippen LogP contribution in [-0.2, 0) is 32.1 Å². The summed E-state index contributed by atoms with van der Waals surface area (Å²) in [5, 5.41) is 23.3. The van der Waals surface area contributed by atoms with Crippen LogP contribution in [0.4, 0.5) is 0 Å². The third-order valence-corrected chi connectivity index (χ3v) is 12.9. The predicted molar refractivity (Wildman–Crippen MR) is 165 cm³/mol. The fraction of sp³-hybridized carbons (Fsp3) is 0.676. The number of nitrogens with zero attached hydrogens (tertiary/aromatic N) is 2. The van der Waals surface area contributed by atoms with Gasteiger partial charge in [0.1, 0.15) is 5.75 Å². The number of carbonyl (C=O) groups excluding carboxylic acids is 5. The largest absolute Gasteiger partial charge is 0.507 e. The number of carbonyl (C=O) groups is 5. The number of halogens is 1. The number of benzene rings is 1. The van der Waals surface area contributed by atoms with Gasteiger partial charge in [0.05, 0.1) is 17.5 Å². The summed E-state index contributed by atoms with van der Waals surface area (Å²) < 4.78 is 0. The van der Waals surface area contributed by atoms with Gasteiger partial charge in [-0.1, -0.05) is 32.4 Å². The van der Waals surface area contributed by atoms with Crippen molar-refractivity contribution in [3.8, 4) is 5.75 Å². The molecule has 244 valence electrons.